The van der Waals surface area contributed by atoms with Crippen LogP contribution in [-0.4, -0.2) is 93.3 Å². The largest absolute Gasteiger partial charge is 0.399 e. The standard InChI is InChI=1S/C16H19N5O4.C16H23N5.C6H4FNO2.C4H13N3.4ClH/c22-20(23)15-5-1-13(2-6-15)18-11-9-17-10-12-19-14-3-7-16(8-4-14)21(24)25;17-13-1-5-15(6-2-13)20-11-9-19-10-12-21-16-7-3-14(18)4-8-16;7-5-1-3-6(4-2-5)8(9)10;5-1-3-7-4-2-6;;;;/h1-8,17-19H,9-12H2;1-8,19-21H,9-12,17-18H2;1-4H;7H,1-6H2;4*1H. The highest BCUT2D eigenvalue weighted by Crippen LogP contribution is 2.16. The summed E-state index contributed by atoms with van der Waals surface area (Å²) in [5.41, 5.74) is 27.1. The van der Waals surface area contributed by atoms with Gasteiger partial charge in [0.1, 0.15) is 5.82 Å². The minimum Gasteiger partial charge on any atom is -0.399 e. The molecule has 0 unspecified atom stereocenters. The van der Waals surface area contributed by atoms with E-state index < -0.39 is 20.6 Å². The molecule has 0 saturated carbocycles. The first-order valence-electron chi connectivity index (χ1n) is 20.0. The molecule has 5 aromatic carbocycles. The van der Waals surface area contributed by atoms with Gasteiger partial charge in [0.05, 0.1) is 14.8 Å². The molecule has 25 heteroatoms. The number of hydrogen-bond acceptors (Lipinski definition) is 17. The topological polar surface area (TPSA) is 318 Å². The Hall–Kier alpha value is -6.01. The van der Waals surface area contributed by atoms with E-state index in [0.29, 0.717) is 26.2 Å². The van der Waals surface area contributed by atoms with Crippen LogP contribution in [0.3, 0.4) is 0 Å². The van der Waals surface area contributed by atoms with Gasteiger partial charge in [-0.1, -0.05) is 0 Å². The van der Waals surface area contributed by atoms with Crippen LogP contribution in [0.5, 0.6) is 0 Å². The van der Waals surface area contributed by atoms with Crippen LogP contribution in [0.4, 0.5) is 55.6 Å². The van der Waals surface area contributed by atoms with Gasteiger partial charge < -0.3 is 60.2 Å². The third-order valence-electron chi connectivity index (χ3n) is 8.18. The van der Waals surface area contributed by atoms with Crippen molar-refractivity contribution in [3.63, 3.8) is 0 Å². The van der Waals surface area contributed by atoms with Crippen molar-refractivity contribution < 1.29 is 19.2 Å². The number of benzene rings is 5. The van der Waals surface area contributed by atoms with Crippen molar-refractivity contribution in [1.82, 2.24) is 16.0 Å². The maximum absolute atomic E-state index is 12.1. The van der Waals surface area contributed by atoms with Crippen LogP contribution < -0.4 is 60.2 Å². The van der Waals surface area contributed by atoms with Gasteiger partial charge in [-0.3, -0.25) is 30.3 Å². The summed E-state index contributed by atoms with van der Waals surface area (Å²) in [4.78, 5) is 29.7. The second-order valence-electron chi connectivity index (χ2n) is 13.1. The number of halogens is 5. The Morgan fingerprint density at radius 3 is 0.836 bits per heavy atom. The molecule has 0 atom stereocenters. The fourth-order valence-corrected chi connectivity index (χ4v) is 4.93. The van der Waals surface area contributed by atoms with Gasteiger partial charge in [-0.2, -0.15) is 0 Å². The summed E-state index contributed by atoms with van der Waals surface area (Å²) in [5, 5.41) is 53.8. The van der Waals surface area contributed by atoms with Crippen LogP contribution >= 0.6 is 49.6 Å². The predicted octanol–water partition coefficient (Wildman–Crippen LogP) is 6.50. The average molecular weight is 1020 g/mol. The van der Waals surface area contributed by atoms with Gasteiger partial charge in [0.15, 0.2) is 0 Å². The first-order chi connectivity index (χ1) is 30.4. The molecular formula is C42H63Cl4FN14O6. The molecule has 0 heterocycles. The van der Waals surface area contributed by atoms with Gasteiger partial charge >= 0.3 is 0 Å². The Morgan fingerprint density at radius 2 is 0.597 bits per heavy atom. The number of nitrogens with zero attached hydrogens (tertiary/aromatic N) is 3. The maximum atomic E-state index is 12.1. The van der Waals surface area contributed by atoms with Crippen molar-refractivity contribution in [3.8, 4) is 0 Å². The Bertz CT molecular complexity index is 1900. The Kier molecular flexibility index (Phi) is 39.2. The van der Waals surface area contributed by atoms with E-state index in [0.717, 1.165) is 111 Å². The van der Waals surface area contributed by atoms with Gasteiger partial charge in [0.25, 0.3) is 17.1 Å². The molecule has 5 aromatic rings. The maximum Gasteiger partial charge on any atom is 0.269 e. The zero-order valence-corrected chi connectivity index (χ0v) is 39.9. The molecule has 0 amide bonds. The van der Waals surface area contributed by atoms with Crippen LogP contribution in [-0.2, 0) is 0 Å². The summed E-state index contributed by atoms with van der Waals surface area (Å²) in [5.74, 6) is -0.467. The monoisotopic (exact) mass is 1020 g/mol. The number of nitro groups is 3. The van der Waals surface area contributed by atoms with E-state index in [9.17, 15) is 34.7 Å². The molecule has 5 rings (SSSR count). The zero-order valence-electron chi connectivity index (χ0n) is 36.6. The average Bonchev–Trinajstić information content (AvgIpc) is 3.28. The van der Waals surface area contributed by atoms with Crippen LogP contribution in [0.15, 0.2) is 121 Å². The van der Waals surface area contributed by atoms with Crippen molar-refractivity contribution in [2.75, 3.05) is 111 Å². The molecular weight excluding hydrogens is 957 g/mol. The van der Waals surface area contributed by atoms with Crippen molar-refractivity contribution in [2.24, 2.45) is 11.5 Å². The lowest BCUT2D eigenvalue weighted by Crippen LogP contribution is -2.27. The van der Waals surface area contributed by atoms with E-state index >= 15 is 0 Å². The molecule has 0 saturated heterocycles. The number of nitro benzene ring substituents is 3. The fourth-order valence-electron chi connectivity index (χ4n) is 4.93. The summed E-state index contributed by atoms with van der Waals surface area (Å²) in [6.45, 7) is 9.57. The molecule has 20 nitrogen and oxygen atoms in total. The van der Waals surface area contributed by atoms with Crippen molar-refractivity contribution in [3.05, 3.63) is 157 Å². The van der Waals surface area contributed by atoms with Crippen molar-refractivity contribution >= 4 is 101 Å². The quantitative estimate of drug-likeness (QED) is 0.0144. The Morgan fingerprint density at radius 1 is 0.373 bits per heavy atom. The molecule has 0 spiro atoms. The van der Waals surface area contributed by atoms with Gasteiger partial charge in [0, 0.05) is 149 Å². The second kappa shape index (κ2) is 40.3. The minimum absolute atomic E-state index is 0. The summed E-state index contributed by atoms with van der Waals surface area (Å²) in [6, 6.07) is 32.4. The summed E-state index contributed by atoms with van der Waals surface area (Å²) >= 11 is 0. The SMILES string of the molecule is Cl.Cl.Cl.Cl.NCCNCCN.Nc1ccc(NCCNCCNc2ccc(N)cc2)cc1.O=[N+]([O-])c1ccc(F)cc1.O=[N+]([O-])c1ccc(NCCNCCNc2ccc([N+](=O)[O-])cc2)cc1. The molecule has 0 aliphatic heterocycles. The number of hydrogen-bond donors (Lipinski definition) is 11. The van der Waals surface area contributed by atoms with Gasteiger partial charge in [0.2, 0.25) is 0 Å². The lowest BCUT2D eigenvalue weighted by molar-refractivity contribution is -0.385. The number of nitrogens with two attached hydrogens (primary N) is 4. The van der Waals surface area contributed by atoms with E-state index in [1.807, 2.05) is 48.5 Å². The molecule has 67 heavy (non-hydrogen) atoms. The molecule has 0 aromatic heterocycles. The highest BCUT2D eigenvalue weighted by Gasteiger charge is 2.05. The third kappa shape index (κ3) is 31.5. The minimum atomic E-state index is -0.570. The number of nitrogen functional groups attached to an aromatic ring is 2. The number of non-ortho nitro benzene ring substituents is 3. The van der Waals surface area contributed by atoms with E-state index in [4.69, 9.17) is 22.9 Å². The van der Waals surface area contributed by atoms with Crippen LogP contribution in [0, 0.1) is 36.2 Å². The van der Waals surface area contributed by atoms with Crippen LogP contribution in [0.25, 0.3) is 0 Å². The zero-order chi connectivity index (χ0) is 46.1. The number of rotatable bonds is 23. The molecule has 15 N–H and O–H groups in total. The highest BCUT2D eigenvalue weighted by atomic mass is 35.5. The Balaban J connectivity index is -0.000000879. The first-order valence-corrected chi connectivity index (χ1v) is 20.0. The predicted molar refractivity (Wildman–Crippen MR) is 281 cm³/mol. The van der Waals surface area contributed by atoms with E-state index in [-0.39, 0.29) is 66.7 Å². The lowest BCUT2D eigenvalue weighted by atomic mass is 10.3. The van der Waals surface area contributed by atoms with E-state index in [1.165, 1.54) is 24.3 Å². The van der Waals surface area contributed by atoms with Crippen molar-refractivity contribution in [1.29, 1.82) is 0 Å². The van der Waals surface area contributed by atoms with Gasteiger partial charge in [-0.15, -0.1) is 49.6 Å². The van der Waals surface area contributed by atoms with Crippen LogP contribution in [0.1, 0.15) is 0 Å². The molecule has 372 valence electrons. The molecule has 0 fully saturated rings. The fraction of sp³-hybridized carbons (Fsp3) is 0.286. The molecule has 0 bridgehead atoms. The first kappa shape index (κ1) is 65.3. The second-order valence-corrected chi connectivity index (χ2v) is 13.1. The lowest BCUT2D eigenvalue weighted by Gasteiger charge is -2.09. The number of anilines is 6. The third-order valence-corrected chi connectivity index (χ3v) is 8.18. The molecule has 0 aliphatic carbocycles. The smallest absolute Gasteiger partial charge is 0.269 e. The van der Waals surface area contributed by atoms with Crippen molar-refractivity contribution in [2.45, 2.75) is 0 Å². The summed E-state index contributed by atoms with van der Waals surface area (Å²) in [6.07, 6.45) is 0. The Labute approximate surface area is 414 Å². The van der Waals surface area contributed by atoms with E-state index in [2.05, 4.69) is 37.2 Å². The summed E-state index contributed by atoms with van der Waals surface area (Å²) < 4.78 is 12.1. The molecule has 0 radical (unpaired) electrons. The van der Waals surface area contributed by atoms with Gasteiger partial charge in [-0.25, -0.2) is 4.39 Å². The number of nitrogens with one attached hydrogen (secondary N) is 7. The van der Waals surface area contributed by atoms with E-state index in [1.54, 1.807) is 24.3 Å². The highest BCUT2D eigenvalue weighted by molar-refractivity contribution is 5.86. The summed E-state index contributed by atoms with van der Waals surface area (Å²) in [7, 11) is 0. The van der Waals surface area contributed by atoms with Crippen LogP contribution in [0.2, 0.25) is 0 Å². The normalized spacial score (nSPS) is 9.42. The molecule has 0 aliphatic rings. The van der Waals surface area contributed by atoms with Gasteiger partial charge in [-0.05, 0) is 84.9 Å².